The second-order valence-corrected chi connectivity index (χ2v) is 4.94. The van der Waals surface area contributed by atoms with Crippen LogP contribution in [0.25, 0.3) is 0 Å². The van der Waals surface area contributed by atoms with Gasteiger partial charge in [0.05, 0.1) is 0 Å². The molecule has 2 atom stereocenters. The van der Waals surface area contributed by atoms with Crippen molar-refractivity contribution in [3.63, 3.8) is 0 Å². The molecule has 16 heavy (non-hydrogen) atoms. The molecule has 2 heteroatoms. The predicted molar refractivity (Wildman–Crippen MR) is 70.5 cm³/mol. The summed E-state index contributed by atoms with van der Waals surface area (Å²) in [5.74, 6) is 0. The summed E-state index contributed by atoms with van der Waals surface area (Å²) in [6.07, 6.45) is 2.18. The van der Waals surface area contributed by atoms with E-state index in [1.54, 1.807) is 0 Å². The van der Waals surface area contributed by atoms with Crippen molar-refractivity contribution in [2.75, 3.05) is 14.1 Å². The van der Waals surface area contributed by atoms with Gasteiger partial charge in [0, 0.05) is 12.1 Å². The molecule has 0 aromatic heterocycles. The fraction of sp³-hybridized carbons (Fsp3) is 0.571. The van der Waals surface area contributed by atoms with Gasteiger partial charge in [-0.3, -0.25) is 0 Å². The molecule has 0 spiro atoms. The summed E-state index contributed by atoms with van der Waals surface area (Å²) in [7, 11) is 4.26. The largest absolute Gasteiger partial charge is 0.328 e. The smallest absolute Gasteiger partial charge is 0.0342 e. The average Bonchev–Trinajstić information content (AvgIpc) is 2.20. The minimum absolute atomic E-state index is 0.285. The van der Waals surface area contributed by atoms with Gasteiger partial charge in [0.25, 0.3) is 0 Å². The maximum Gasteiger partial charge on any atom is 0.0342 e. The number of nitrogens with two attached hydrogens (primary N) is 1. The molecule has 0 saturated heterocycles. The van der Waals surface area contributed by atoms with Crippen LogP contribution < -0.4 is 5.73 Å². The van der Waals surface area contributed by atoms with Crippen molar-refractivity contribution in [3.05, 3.63) is 35.4 Å². The quantitative estimate of drug-likeness (QED) is 0.826. The lowest BCUT2D eigenvalue weighted by atomic mass is 9.98. The summed E-state index contributed by atoms with van der Waals surface area (Å²) < 4.78 is 0. The fourth-order valence-corrected chi connectivity index (χ4v) is 1.93. The molecule has 1 rings (SSSR count). The molecular formula is C14H24N2. The molecule has 90 valence electrons. The average molecular weight is 220 g/mol. The zero-order chi connectivity index (χ0) is 12.1. The zero-order valence-corrected chi connectivity index (χ0v) is 10.9. The van der Waals surface area contributed by atoms with Crippen molar-refractivity contribution in [1.82, 2.24) is 4.90 Å². The van der Waals surface area contributed by atoms with Crippen LogP contribution in [0.15, 0.2) is 24.3 Å². The van der Waals surface area contributed by atoms with Crippen LogP contribution in [0.5, 0.6) is 0 Å². The van der Waals surface area contributed by atoms with Gasteiger partial charge in [-0.15, -0.1) is 0 Å². The maximum absolute atomic E-state index is 5.82. The number of aryl methyl sites for hydroxylation is 1. The van der Waals surface area contributed by atoms with Crippen LogP contribution in [0.2, 0.25) is 0 Å². The van der Waals surface area contributed by atoms with E-state index < -0.39 is 0 Å². The molecule has 2 nitrogen and oxygen atoms in total. The zero-order valence-electron chi connectivity index (χ0n) is 10.9. The van der Waals surface area contributed by atoms with Gasteiger partial charge >= 0.3 is 0 Å². The molecule has 2 N–H and O–H groups in total. The Morgan fingerprint density at radius 3 is 2.12 bits per heavy atom. The molecule has 0 radical (unpaired) electrons. The van der Waals surface area contributed by atoms with E-state index in [9.17, 15) is 0 Å². The van der Waals surface area contributed by atoms with Crippen LogP contribution in [-0.2, 0) is 0 Å². The minimum Gasteiger partial charge on any atom is -0.328 e. The summed E-state index contributed by atoms with van der Waals surface area (Å²) in [4.78, 5) is 2.27. The van der Waals surface area contributed by atoms with Crippen LogP contribution >= 0.6 is 0 Å². The van der Waals surface area contributed by atoms with Crippen molar-refractivity contribution >= 4 is 0 Å². The Kier molecular flexibility index (Phi) is 4.97. The summed E-state index contributed by atoms with van der Waals surface area (Å²) in [6, 6.07) is 9.57. The van der Waals surface area contributed by atoms with Gasteiger partial charge in [-0.25, -0.2) is 0 Å². The van der Waals surface area contributed by atoms with Gasteiger partial charge in [0.15, 0.2) is 0 Å². The SMILES string of the molecule is Cc1ccc(C(CCC(C)N)N(C)C)cc1. The number of rotatable bonds is 5. The van der Waals surface area contributed by atoms with E-state index in [4.69, 9.17) is 5.73 Å². The third-order valence-corrected chi connectivity index (χ3v) is 2.98. The molecule has 0 saturated carbocycles. The topological polar surface area (TPSA) is 29.3 Å². The second kappa shape index (κ2) is 6.02. The summed E-state index contributed by atoms with van der Waals surface area (Å²) in [6.45, 7) is 4.19. The highest BCUT2D eigenvalue weighted by Gasteiger charge is 2.14. The summed E-state index contributed by atoms with van der Waals surface area (Å²) in [5, 5.41) is 0. The molecule has 0 aliphatic rings. The van der Waals surface area contributed by atoms with Crippen molar-refractivity contribution in [2.24, 2.45) is 5.73 Å². The highest BCUT2D eigenvalue weighted by molar-refractivity contribution is 5.24. The Morgan fingerprint density at radius 1 is 1.12 bits per heavy atom. The Balaban J connectivity index is 2.73. The number of hydrogen-bond acceptors (Lipinski definition) is 2. The van der Waals surface area contributed by atoms with E-state index >= 15 is 0 Å². The van der Waals surface area contributed by atoms with Gasteiger partial charge in [0.1, 0.15) is 0 Å². The van der Waals surface area contributed by atoms with Gasteiger partial charge in [-0.2, -0.15) is 0 Å². The Labute approximate surface area is 99.5 Å². The molecule has 1 aromatic rings. The first-order valence-electron chi connectivity index (χ1n) is 5.99. The maximum atomic E-state index is 5.82. The molecule has 1 aromatic carbocycles. The predicted octanol–water partition coefficient (Wildman–Crippen LogP) is 2.73. The monoisotopic (exact) mass is 220 g/mol. The molecule has 0 aliphatic carbocycles. The van der Waals surface area contributed by atoms with Crippen LogP contribution in [0.3, 0.4) is 0 Å². The molecule has 0 amide bonds. The molecule has 0 bridgehead atoms. The first-order valence-corrected chi connectivity index (χ1v) is 5.99. The third kappa shape index (κ3) is 3.95. The molecule has 0 heterocycles. The van der Waals surface area contributed by atoms with Gasteiger partial charge < -0.3 is 10.6 Å². The van der Waals surface area contributed by atoms with E-state index in [0.717, 1.165) is 12.8 Å². The van der Waals surface area contributed by atoms with E-state index in [0.29, 0.717) is 6.04 Å². The van der Waals surface area contributed by atoms with Gasteiger partial charge in [-0.05, 0) is 46.3 Å². The second-order valence-electron chi connectivity index (χ2n) is 4.94. The molecule has 2 unspecified atom stereocenters. The standard InChI is InChI=1S/C14H24N2/c1-11-5-8-13(9-6-11)14(16(3)4)10-7-12(2)15/h5-6,8-9,12,14H,7,10,15H2,1-4H3. The van der Waals surface area contributed by atoms with Crippen LogP contribution in [0.4, 0.5) is 0 Å². The third-order valence-electron chi connectivity index (χ3n) is 2.98. The summed E-state index contributed by atoms with van der Waals surface area (Å²) in [5.41, 5.74) is 8.52. The van der Waals surface area contributed by atoms with Gasteiger partial charge in [-0.1, -0.05) is 29.8 Å². The fourth-order valence-electron chi connectivity index (χ4n) is 1.93. The van der Waals surface area contributed by atoms with Crippen molar-refractivity contribution in [2.45, 2.75) is 38.8 Å². The van der Waals surface area contributed by atoms with Gasteiger partial charge in [0.2, 0.25) is 0 Å². The number of nitrogens with zero attached hydrogens (tertiary/aromatic N) is 1. The lowest BCUT2D eigenvalue weighted by Gasteiger charge is -2.25. The summed E-state index contributed by atoms with van der Waals surface area (Å²) >= 11 is 0. The Morgan fingerprint density at radius 2 is 1.69 bits per heavy atom. The molecule has 0 fully saturated rings. The number of hydrogen-bond donors (Lipinski definition) is 1. The number of benzene rings is 1. The first kappa shape index (κ1) is 13.2. The highest BCUT2D eigenvalue weighted by atomic mass is 15.1. The Hall–Kier alpha value is -0.860. The van der Waals surface area contributed by atoms with E-state index in [1.165, 1.54) is 11.1 Å². The van der Waals surface area contributed by atoms with Crippen molar-refractivity contribution in [1.29, 1.82) is 0 Å². The Bertz CT molecular complexity index is 301. The van der Waals surface area contributed by atoms with Crippen LogP contribution in [0, 0.1) is 6.92 Å². The van der Waals surface area contributed by atoms with E-state index in [1.807, 2.05) is 0 Å². The van der Waals surface area contributed by atoms with Crippen molar-refractivity contribution in [3.8, 4) is 0 Å². The van der Waals surface area contributed by atoms with E-state index in [2.05, 4.69) is 57.1 Å². The van der Waals surface area contributed by atoms with E-state index in [-0.39, 0.29) is 6.04 Å². The lowest BCUT2D eigenvalue weighted by Crippen LogP contribution is -2.23. The van der Waals surface area contributed by atoms with Crippen LogP contribution in [-0.4, -0.2) is 25.0 Å². The first-order chi connectivity index (χ1) is 7.50. The van der Waals surface area contributed by atoms with Crippen molar-refractivity contribution < 1.29 is 0 Å². The van der Waals surface area contributed by atoms with Crippen LogP contribution in [0.1, 0.15) is 36.9 Å². The normalized spacial score (nSPS) is 15.1. The highest BCUT2D eigenvalue weighted by Crippen LogP contribution is 2.24. The lowest BCUT2D eigenvalue weighted by molar-refractivity contribution is 0.275. The minimum atomic E-state index is 0.285. The molecule has 0 aliphatic heterocycles. The molecular weight excluding hydrogens is 196 g/mol.